The second kappa shape index (κ2) is 11.9. The third-order valence-corrected chi connectivity index (χ3v) is 8.65. The monoisotopic (exact) mass is 694 g/mol. The van der Waals surface area contributed by atoms with Crippen LogP contribution in [0.2, 0.25) is 0 Å². The molecule has 6 rings (SSSR count). The van der Waals surface area contributed by atoms with Gasteiger partial charge in [-0.05, 0) is 96.8 Å². The summed E-state index contributed by atoms with van der Waals surface area (Å²) in [5, 5.41) is 14.1. The normalized spacial score (nSPS) is 20.3. The summed E-state index contributed by atoms with van der Waals surface area (Å²) in [5.74, 6) is -1.22. The summed E-state index contributed by atoms with van der Waals surface area (Å²) in [7, 11) is 0. The van der Waals surface area contributed by atoms with Crippen LogP contribution < -0.4 is 10.1 Å². The molecular weight excluding hydrogens is 665 g/mol. The summed E-state index contributed by atoms with van der Waals surface area (Å²) in [6.45, 7) is 2.16. The van der Waals surface area contributed by atoms with Crippen LogP contribution in [-0.2, 0) is 10.2 Å². The highest BCUT2D eigenvalue weighted by molar-refractivity contribution is 14.1. The first kappa shape index (κ1) is 29.1. The van der Waals surface area contributed by atoms with Crippen LogP contribution in [0.4, 0.5) is 8.78 Å². The van der Waals surface area contributed by atoms with E-state index in [1.54, 1.807) is 18.5 Å². The number of carbonyl (C=O) groups excluding carboxylic acids is 1. The van der Waals surface area contributed by atoms with Crippen molar-refractivity contribution in [2.75, 3.05) is 6.54 Å². The molecule has 0 radical (unpaired) electrons. The van der Waals surface area contributed by atoms with Crippen LogP contribution in [0.5, 0.6) is 11.5 Å². The molecule has 4 N–H and O–H groups in total. The molecule has 4 bridgehead atoms. The number of carbonyl (C=O) groups is 1. The maximum absolute atomic E-state index is 15.4. The fourth-order valence-electron chi connectivity index (χ4n) is 5.55. The molecule has 3 aromatic carbocycles. The zero-order chi connectivity index (χ0) is 30.1. The topological polar surface area (TPSA) is 103 Å². The average Bonchev–Trinajstić information content (AvgIpc) is 3.67. The van der Waals surface area contributed by atoms with Gasteiger partial charge in [-0.1, -0.05) is 12.1 Å². The second-order valence-corrected chi connectivity index (χ2v) is 12.1. The molecule has 43 heavy (non-hydrogen) atoms. The van der Waals surface area contributed by atoms with Gasteiger partial charge >= 0.3 is 0 Å². The van der Waals surface area contributed by atoms with Crippen molar-refractivity contribution < 1.29 is 23.4 Å². The van der Waals surface area contributed by atoms with E-state index in [4.69, 9.17) is 4.74 Å². The van der Waals surface area contributed by atoms with E-state index in [1.165, 1.54) is 36.4 Å². The van der Waals surface area contributed by atoms with Crippen molar-refractivity contribution >= 4 is 45.5 Å². The van der Waals surface area contributed by atoms with E-state index in [0.717, 1.165) is 14.8 Å². The number of hydrogen-bond acceptors (Lipinski definition) is 4. The van der Waals surface area contributed by atoms with E-state index in [0.29, 0.717) is 41.6 Å². The predicted octanol–water partition coefficient (Wildman–Crippen LogP) is 7.21. The molecule has 1 aliphatic heterocycles. The molecule has 220 valence electrons. The third kappa shape index (κ3) is 5.94. The number of aromatic amines is 2. The highest BCUT2D eigenvalue weighted by Crippen LogP contribution is 2.39. The van der Waals surface area contributed by atoms with Crippen LogP contribution in [-0.4, -0.2) is 38.6 Å². The van der Waals surface area contributed by atoms with Gasteiger partial charge in [-0.25, -0.2) is 13.8 Å². The molecule has 10 heteroatoms. The van der Waals surface area contributed by atoms with E-state index in [1.807, 2.05) is 18.2 Å². The minimum absolute atomic E-state index is 0.0640. The Kier molecular flexibility index (Phi) is 8.06. The number of H-pyrrole nitrogens is 2. The Balaban J connectivity index is 1.47. The van der Waals surface area contributed by atoms with Gasteiger partial charge in [0.1, 0.15) is 17.4 Å². The number of benzene rings is 3. The molecule has 5 aromatic rings. The van der Waals surface area contributed by atoms with Gasteiger partial charge in [-0.2, -0.15) is 0 Å². The van der Waals surface area contributed by atoms with Gasteiger partial charge in [-0.3, -0.25) is 4.79 Å². The molecule has 0 saturated carbocycles. The molecule has 3 heterocycles. The minimum atomic E-state index is -0.767. The van der Waals surface area contributed by atoms with Crippen LogP contribution in [0.1, 0.15) is 43.0 Å². The minimum Gasteiger partial charge on any atom is -0.454 e. The number of amides is 1. The molecule has 7 nitrogen and oxygen atoms in total. The number of aromatic nitrogens is 3. The van der Waals surface area contributed by atoms with Crippen LogP contribution in [0.15, 0.2) is 73.1 Å². The number of nitrogens with zero attached hydrogens (tertiary/aromatic N) is 1. The average molecular weight is 695 g/mol. The largest absolute Gasteiger partial charge is 0.454 e. The van der Waals surface area contributed by atoms with E-state index in [-0.39, 0.29) is 23.6 Å². The summed E-state index contributed by atoms with van der Waals surface area (Å²) >= 11 is 2.27. The Morgan fingerprint density at radius 2 is 1.95 bits per heavy atom. The molecule has 0 spiro atoms. The second-order valence-electron chi connectivity index (χ2n) is 10.9. The molecule has 2 aromatic heterocycles. The number of aliphatic hydroxyl groups is 1. The Labute approximate surface area is 260 Å². The van der Waals surface area contributed by atoms with Crippen LogP contribution in [0, 0.1) is 15.2 Å². The van der Waals surface area contributed by atoms with Gasteiger partial charge in [0.25, 0.3) is 0 Å². The van der Waals surface area contributed by atoms with E-state index < -0.39 is 29.1 Å². The summed E-state index contributed by atoms with van der Waals surface area (Å²) in [4.78, 5) is 23.6. The van der Waals surface area contributed by atoms with Crippen LogP contribution in [0.3, 0.4) is 0 Å². The lowest BCUT2D eigenvalue weighted by Crippen LogP contribution is -2.31. The summed E-state index contributed by atoms with van der Waals surface area (Å²) in [6, 6.07) is 15.4. The van der Waals surface area contributed by atoms with Crippen molar-refractivity contribution in [3.63, 3.8) is 0 Å². The molecule has 0 saturated heterocycles. The number of rotatable bonds is 1. The summed E-state index contributed by atoms with van der Waals surface area (Å²) in [6.07, 6.45) is 7.12. The maximum Gasteiger partial charge on any atom is 0.244 e. The van der Waals surface area contributed by atoms with Crippen molar-refractivity contribution in [1.82, 2.24) is 20.3 Å². The third-order valence-electron chi connectivity index (χ3n) is 7.97. The SMILES string of the molecule is CC1(c2cccc(I)c2)CCCC(O)CNC(=O)/C=C\c2c(c(F)cc3[nH]ccc23)Oc2ccc(F)c(c2)-c2ncc1[nH]2. The number of aliphatic hydroxyl groups excluding tert-OH is 1. The van der Waals surface area contributed by atoms with Gasteiger partial charge in [0.15, 0.2) is 11.6 Å². The smallest absolute Gasteiger partial charge is 0.244 e. The van der Waals surface area contributed by atoms with Crippen LogP contribution in [0.25, 0.3) is 28.4 Å². The zero-order valence-electron chi connectivity index (χ0n) is 23.3. The first-order valence-electron chi connectivity index (χ1n) is 13.9. The number of β-amino-alcohol motifs (C(OH)–C–C–N with tert-alkyl or cyclic N) is 1. The summed E-state index contributed by atoms with van der Waals surface area (Å²) in [5.41, 5.74) is 2.33. The Morgan fingerprint density at radius 3 is 2.79 bits per heavy atom. The lowest BCUT2D eigenvalue weighted by Gasteiger charge is -2.30. The van der Waals surface area contributed by atoms with Gasteiger partial charge in [0.2, 0.25) is 5.91 Å². The first-order chi connectivity index (χ1) is 20.7. The molecule has 0 aliphatic carbocycles. The number of nitrogens with one attached hydrogen (secondary N) is 3. The Morgan fingerprint density at radius 1 is 1.09 bits per heavy atom. The van der Waals surface area contributed by atoms with Gasteiger partial charge in [-0.15, -0.1) is 0 Å². The number of halogens is 3. The van der Waals surface area contributed by atoms with Gasteiger partial charge < -0.3 is 25.1 Å². The van der Waals surface area contributed by atoms with Crippen molar-refractivity contribution in [3.8, 4) is 22.9 Å². The summed E-state index contributed by atoms with van der Waals surface area (Å²) < 4.78 is 37.7. The molecular formula is C33H29F2IN4O3. The molecule has 1 amide bonds. The van der Waals surface area contributed by atoms with Crippen molar-refractivity contribution in [3.05, 3.63) is 105 Å². The number of ether oxygens (including phenoxy) is 1. The standard InChI is InChI=1S/C33H29F2IN4O3/c1-33(19-4-2-5-20(36)14-19)12-3-6-21(41)17-38-30(42)10-8-24-23-11-13-37-28(23)16-27(35)31(24)43-22-7-9-26(34)25(15-22)32-39-18-29(33)40-32/h2,4-5,7-11,13-16,18,21,37,41H,3,6,12,17H2,1H3,(H,38,42)(H,39,40)/b10-8-. The van der Waals surface area contributed by atoms with E-state index in [9.17, 15) is 9.90 Å². The molecule has 2 atom stereocenters. The quantitative estimate of drug-likeness (QED) is 0.139. The number of hydrogen-bond donors (Lipinski definition) is 4. The Hall–Kier alpha value is -4.03. The van der Waals surface area contributed by atoms with E-state index >= 15 is 8.78 Å². The van der Waals surface area contributed by atoms with Gasteiger partial charge in [0, 0.05) is 62.2 Å². The highest BCUT2D eigenvalue weighted by atomic mass is 127. The van der Waals surface area contributed by atoms with Crippen LogP contribution >= 0.6 is 22.6 Å². The van der Waals surface area contributed by atoms with E-state index in [2.05, 4.69) is 55.8 Å². The fraction of sp³-hybridized carbons (Fsp3) is 0.212. The predicted molar refractivity (Wildman–Crippen MR) is 170 cm³/mol. The number of fused-ring (bicyclic) bond motifs is 8. The zero-order valence-corrected chi connectivity index (χ0v) is 25.4. The van der Waals surface area contributed by atoms with Gasteiger partial charge in [0.05, 0.1) is 11.7 Å². The fourth-order valence-corrected chi connectivity index (χ4v) is 6.09. The highest BCUT2D eigenvalue weighted by Gasteiger charge is 2.32. The number of imidazole rings is 1. The van der Waals surface area contributed by atoms with Crippen molar-refractivity contribution in [1.29, 1.82) is 0 Å². The molecule has 1 aliphatic rings. The maximum atomic E-state index is 15.4. The first-order valence-corrected chi connectivity index (χ1v) is 15.0. The lowest BCUT2D eigenvalue weighted by molar-refractivity contribution is -0.116. The van der Waals surface area contributed by atoms with Crippen molar-refractivity contribution in [2.24, 2.45) is 0 Å². The van der Waals surface area contributed by atoms with Crippen molar-refractivity contribution in [2.45, 2.75) is 37.7 Å². The molecule has 2 unspecified atom stereocenters. The lowest BCUT2D eigenvalue weighted by atomic mass is 9.75. The Bertz CT molecular complexity index is 1850. The molecule has 0 fully saturated rings.